The maximum atomic E-state index is 11.4. The van der Waals surface area contributed by atoms with Crippen LogP contribution in [0, 0.1) is 23.7 Å². The first-order valence-electron chi connectivity index (χ1n) is 8.68. The summed E-state index contributed by atoms with van der Waals surface area (Å²) >= 11 is 0. The van der Waals surface area contributed by atoms with Crippen LogP contribution in [0.4, 0.5) is 0 Å². The zero-order chi connectivity index (χ0) is 17.2. The molecule has 23 heavy (non-hydrogen) atoms. The first kappa shape index (κ1) is 19.5. The Hall–Kier alpha value is -1.51. The average Bonchev–Trinajstić information content (AvgIpc) is 2.94. The third kappa shape index (κ3) is 6.25. The summed E-state index contributed by atoms with van der Waals surface area (Å²) < 4.78 is 0. The van der Waals surface area contributed by atoms with Crippen molar-refractivity contribution in [3.05, 3.63) is 23.3 Å². The maximum Gasteiger partial charge on any atom is 0.124 e. The molecule has 0 saturated heterocycles. The van der Waals surface area contributed by atoms with Crippen LogP contribution in [0.15, 0.2) is 23.3 Å². The second-order valence-electron chi connectivity index (χ2n) is 7.00. The van der Waals surface area contributed by atoms with Gasteiger partial charge in [0.15, 0.2) is 0 Å². The third-order valence-corrected chi connectivity index (χ3v) is 4.96. The van der Waals surface area contributed by atoms with Crippen molar-refractivity contribution >= 4 is 18.9 Å². The van der Waals surface area contributed by atoms with Crippen LogP contribution in [-0.2, 0) is 14.4 Å². The lowest BCUT2D eigenvalue weighted by Gasteiger charge is -2.22. The lowest BCUT2D eigenvalue weighted by Crippen LogP contribution is -2.25. The van der Waals surface area contributed by atoms with Crippen molar-refractivity contribution in [3.8, 4) is 0 Å². The van der Waals surface area contributed by atoms with E-state index in [0.717, 1.165) is 57.4 Å². The zero-order valence-corrected chi connectivity index (χ0v) is 14.7. The zero-order valence-electron chi connectivity index (χ0n) is 14.7. The Bertz CT molecular complexity index is 458. The van der Waals surface area contributed by atoms with Crippen LogP contribution in [0.5, 0.6) is 0 Å². The van der Waals surface area contributed by atoms with Crippen molar-refractivity contribution in [2.75, 3.05) is 0 Å². The second kappa shape index (κ2) is 10.3. The Labute approximate surface area is 140 Å². The molecule has 4 unspecified atom stereocenters. The summed E-state index contributed by atoms with van der Waals surface area (Å²) in [6.07, 6.45) is 12.5. The van der Waals surface area contributed by atoms with E-state index in [1.54, 1.807) is 0 Å². The molecule has 128 valence electrons. The Morgan fingerprint density at radius 2 is 1.74 bits per heavy atom. The minimum Gasteiger partial charge on any atom is -0.303 e. The summed E-state index contributed by atoms with van der Waals surface area (Å²) in [5.41, 5.74) is 2.68. The number of carbonyl (C=O) groups excluding carboxylic acids is 3. The van der Waals surface area contributed by atoms with E-state index in [9.17, 15) is 14.4 Å². The molecule has 4 atom stereocenters. The summed E-state index contributed by atoms with van der Waals surface area (Å²) in [4.78, 5) is 33.7. The fourth-order valence-electron chi connectivity index (χ4n) is 3.54. The van der Waals surface area contributed by atoms with Crippen LogP contribution in [0.2, 0.25) is 0 Å². The molecular formula is C20H30O3. The maximum absolute atomic E-state index is 11.4. The fraction of sp³-hybridized carbons (Fsp3) is 0.650. The van der Waals surface area contributed by atoms with Crippen molar-refractivity contribution in [2.45, 2.75) is 59.3 Å². The number of rotatable bonds is 10. The molecule has 0 heterocycles. The molecule has 0 aromatic carbocycles. The molecule has 1 aliphatic carbocycles. The van der Waals surface area contributed by atoms with E-state index < -0.39 is 0 Å². The lowest BCUT2D eigenvalue weighted by molar-refractivity contribution is -0.121. The van der Waals surface area contributed by atoms with Crippen molar-refractivity contribution in [2.24, 2.45) is 23.7 Å². The molecule has 0 aromatic rings. The molecule has 3 heteroatoms. The van der Waals surface area contributed by atoms with Gasteiger partial charge in [0.2, 0.25) is 0 Å². The van der Waals surface area contributed by atoms with E-state index >= 15 is 0 Å². The number of allylic oxidation sites excluding steroid dienone is 4. The van der Waals surface area contributed by atoms with Crippen LogP contribution in [0.3, 0.4) is 0 Å². The molecule has 3 nitrogen and oxygen atoms in total. The smallest absolute Gasteiger partial charge is 0.124 e. The summed E-state index contributed by atoms with van der Waals surface area (Å²) in [6.45, 7) is 6.33. The predicted octanol–water partition coefficient (Wildman–Crippen LogP) is 4.31. The van der Waals surface area contributed by atoms with Gasteiger partial charge in [-0.1, -0.05) is 23.3 Å². The van der Waals surface area contributed by atoms with Crippen LogP contribution >= 0.6 is 0 Å². The van der Waals surface area contributed by atoms with E-state index in [0.29, 0.717) is 0 Å². The van der Waals surface area contributed by atoms with Crippen LogP contribution in [-0.4, -0.2) is 18.9 Å². The number of hydrogen-bond acceptors (Lipinski definition) is 3. The lowest BCUT2D eigenvalue weighted by atomic mass is 9.80. The highest BCUT2D eigenvalue weighted by Crippen LogP contribution is 2.40. The molecule has 0 spiro atoms. The van der Waals surface area contributed by atoms with E-state index in [4.69, 9.17) is 0 Å². The number of hydrogen-bond donors (Lipinski definition) is 0. The largest absolute Gasteiger partial charge is 0.303 e. The fourth-order valence-corrected chi connectivity index (χ4v) is 3.54. The Morgan fingerprint density at radius 3 is 2.30 bits per heavy atom. The Morgan fingerprint density at radius 1 is 1.00 bits per heavy atom. The predicted molar refractivity (Wildman–Crippen MR) is 93.0 cm³/mol. The molecule has 1 saturated carbocycles. The number of carbonyl (C=O) groups is 3. The van der Waals surface area contributed by atoms with Gasteiger partial charge in [-0.15, -0.1) is 0 Å². The monoisotopic (exact) mass is 318 g/mol. The molecule has 0 aromatic heterocycles. The van der Waals surface area contributed by atoms with Gasteiger partial charge in [0.05, 0.1) is 0 Å². The first-order chi connectivity index (χ1) is 11.0. The van der Waals surface area contributed by atoms with Gasteiger partial charge >= 0.3 is 0 Å². The average molecular weight is 318 g/mol. The van der Waals surface area contributed by atoms with Gasteiger partial charge in [0, 0.05) is 17.8 Å². The quantitative estimate of drug-likeness (QED) is 0.445. The first-order valence-corrected chi connectivity index (χ1v) is 8.68. The molecule has 0 radical (unpaired) electrons. The van der Waals surface area contributed by atoms with Crippen LogP contribution < -0.4 is 0 Å². The van der Waals surface area contributed by atoms with E-state index in [1.807, 2.05) is 0 Å². The number of aldehydes is 3. The van der Waals surface area contributed by atoms with E-state index in [1.165, 1.54) is 11.1 Å². The standard InChI is InChI=1S/C20H30O3/c1-15(2)6-4-7-16(3)8-5-9-17(12-21)19-11-10-18(13-22)20(19)14-23/h6,8,12-14,17-20H,4-5,7,9-11H2,1-3H3/b16-8+. The summed E-state index contributed by atoms with van der Waals surface area (Å²) in [6, 6.07) is 0. The van der Waals surface area contributed by atoms with E-state index in [2.05, 4.69) is 32.9 Å². The van der Waals surface area contributed by atoms with Gasteiger partial charge < -0.3 is 14.4 Å². The van der Waals surface area contributed by atoms with Crippen molar-refractivity contribution < 1.29 is 14.4 Å². The van der Waals surface area contributed by atoms with Gasteiger partial charge in [-0.05, 0) is 65.2 Å². The minimum absolute atomic E-state index is 0.0413. The van der Waals surface area contributed by atoms with Gasteiger partial charge in [-0.3, -0.25) is 0 Å². The normalized spacial score (nSPS) is 25.7. The topological polar surface area (TPSA) is 51.2 Å². The highest BCUT2D eigenvalue weighted by molar-refractivity contribution is 5.67. The van der Waals surface area contributed by atoms with Gasteiger partial charge in [0.1, 0.15) is 18.9 Å². The molecule has 1 aliphatic rings. The SMILES string of the molecule is CC(C)=CCC/C(C)=C/CCC(C=O)C1CCC(C=O)C1C=O. The molecule has 0 amide bonds. The van der Waals surface area contributed by atoms with Gasteiger partial charge in [-0.2, -0.15) is 0 Å². The molecule has 0 N–H and O–H groups in total. The summed E-state index contributed by atoms with van der Waals surface area (Å²) in [5.74, 6) is -0.539. The van der Waals surface area contributed by atoms with E-state index in [-0.39, 0.29) is 23.7 Å². The van der Waals surface area contributed by atoms with Crippen LogP contribution in [0.1, 0.15) is 59.3 Å². The summed E-state index contributed by atoms with van der Waals surface area (Å²) in [5, 5.41) is 0. The summed E-state index contributed by atoms with van der Waals surface area (Å²) in [7, 11) is 0. The molecule has 0 bridgehead atoms. The van der Waals surface area contributed by atoms with Crippen molar-refractivity contribution in [1.29, 1.82) is 0 Å². The Kier molecular flexibility index (Phi) is 8.75. The Balaban J connectivity index is 2.50. The molecule has 1 fully saturated rings. The molecule has 0 aliphatic heterocycles. The second-order valence-corrected chi connectivity index (χ2v) is 7.00. The van der Waals surface area contributed by atoms with Gasteiger partial charge in [-0.25, -0.2) is 0 Å². The molecule has 1 rings (SSSR count). The van der Waals surface area contributed by atoms with Gasteiger partial charge in [0.25, 0.3) is 0 Å². The third-order valence-electron chi connectivity index (χ3n) is 4.96. The minimum atomic E-state index is -0.273. The van der Waals surface area contributed by atoms with Crippen molar-refractivity contribution in [3.63, 3.8) is 0 Å². The van der Waals surface area contributed by atoms with Crippen molar-refractivity contribution in [1.82, 2.24) is 0 Å². The highest BCUT2D eigenvalue weighted by atomic mass is 16.1. The highest BCUT2D eigenvalue weighted by Gasteiger charge is 2.39. The van der Waals surface area contributed by atoms with Crippen LogP contribution in [0.25, 0.3) is 0 Å². The molecular weight excluding hydrogens is 288 g/mol.